The molecular formula is C21H22N4O3. The molecule has 0 unspecified atom stereocenters. The van der Waals surface area contributed by atoms with Crippen LogP contribution in [0.25, 0.3) is 5.69 Å². The largest absolute Gasteiger partial charge is 0.468 e. The number of furan rings is 1. The summed E-state index contributed by atoms with van der Waals surface area (Å²) in [6.07, 6.45) is 6.97. The summed E-state index contributed by atoms with van der Waals surface area (Å²) in [6, 6.07) is 10.8. The van der Waals surface area contributed by atoms with Gasteiger partial charge in [-0.15, -0.1) is 0 Å². The summed E-state index contributed by atoms with van der Waals surface area (Å²) in [5.41, 5.74) is 3.52. The number of hydrogen-bond donors (Lipinski definition) is 1. The Morgan fingerprint density at radius 2 is 2.07 bits per heavy atom. The molecule has 1 N–H and O–H groups in total. The highest BCUT2D eigenvalue weighted by molar-refractivity contribution is 5.53. The minimum atomic E-state index is -0.366. The van der Waals surface area contributed by atoms with Crippen LogP contribution in [-0.4, -0.2) is 20.7 Å². The predicted molar refractivity (Wildman–Crippen MR) is 106 cm³/mol. The molecule has 0 saturated carbocycles. The first-order valence-electron chi connectivity index (χ1n) is 9.28. The minimum Gasteiger partial charge on any atom is -0.468 e. The van der Waals surface area contributed by atoms with Crippen molar-refractivity contribution in [3.63, 3.8) is 0 Å². The first kappa shape index (κ1) is 18.2. The van der Waals surface area contributed by atoms with Gasteiger partial charge in [-0.1, -0.05) is 24.3 Å². The third-order valence-electron chi connectivity index (χ3n) is 5.23. The molecule has 1 aliphatic rings. The van der Waals surface area contributed by atoms with Gasteiger partial charge in [0.1, 0.15) is 11.4 Å². The molecule has 7 nitrogen and oxygen atoms in total. The Hall–Kier alpha value is -3.19. The number of nitro benzene ring substituents is 1. The molecule has 2 aromatic heterocycles. The van der Waals surface area contributed by atoms with Crippen molar-refractivity contribution < 1.29 is 9.34 Å². The number of aryl methyl sites for hydroxylation is 1. The molecule has 7 heteroatoms. The van der Waals surface area contributed by atoms with Crippen LogP contribution in [0.3, 0.4) is 0 Å². The van der Waals surface area contributed by atoms with Crippen molar-refractivity contribution in [1.29, 1.82) is 0 Å². The highest BCUT2D eigenvalue weighted by Crippen LogP contribution is 2.35. The highest BCUT2D eigenvalue weighted by atomic mass is 16.6. The van der Waals surface area contributed by atoms with Gasteiger partial charge < -0.3 is 9.73 Å². The molecule has 4 rings (SSSR count). The number of aromatic nitrogens is 2. The molecular weight excluding hydrogens is 356 g/mol. The average Bonchev–Trinajstić information content (AvgIpc) is 3.41. The zero-order valence-corrected chi connectivity index (χ0v) is 15.8. The molecule has 0 saturated heterocycles. The van der Waals surface area contributed by atoms with Gasteiger partial charge in [-0.25, -0.2) is 4.68 Å². The molecule has 0 amide bonds. The van der Waals surface area contributed by atoms with E-state index in [1.54, 1.807) is 29.1 Å². The van der Waals surface area contributed by atoms with Crippen molar-refractivity contribution in [2.75, 3.05) is 0 Å². The first-order valence-corrected chi connectivity index (χ1v) is 9.28. The van der Waals surface area contributed by atoms with E-state index in [2.05, 4.69) is 22.6 Å². The highest BCUT2D eigenvalue weighted by Gasteiger charge is 2.27. The normalized spacial score (nSPS) is 18.6. The lowest BCUT2D eigenvalue weighted by Gasteiger charge is -2.14. The Bertz CT molecular complexity index is 1020. The summed E-state index contributed by atoms with van der Waals surface area (Å²) in [5, 5.41) is 19.5. The number of nitrogens with zero attached hydrogens (tertiary/aromatic N) is 3. The van der Waals surface area contributed by atoms with Gasteiger partial charge in [0.2, 0.25) is 0 Å². The van der Waals surface area contributed by atoms with Crippen LogP contribution in [0.4, 0.5) is 5.69 Å². The second-order valence-electron chi connectivity index (χ2n) is 7.04. The summed E-state index contributed by atoms with van der Waals surface area (Å²) in [5.74, 6) is 1.14. The lowest BCUT2D eigenvalue weighted by atomic mass is 9.96. The number of allylic oxidation sites excluding steroid dienone is 1. The fraction of sp³-hybridized carbons (Fsp3) is 0.286. The Labute approximate surface area is 162 Å². The van der Waals surface area contributed by atoms with E-state index >= 15 is 0 Å². The maximum Gasteiger partial charge on any atom is 0.294 e. The molecule has 2 heterocycles. The van der Waals surface area contributed by atoms with Crippen LogP contribution in [0.2, 0.25) is 0 Å². The summed E-state index contributed by atoms with van der Waals surface area (Å²) < 4.78 is 7.07. The van der Waals surface area contributed by atoms with Gasteiger partial charge in [0.05, 0.1) is 23.4 Å². The van der Waals surface area contributed by atoms with Crippen molar-refractivity contribution in [3.05, 3.63) is 87.6 Å². The van der Waals surface area contributed by atoms with Gasteiger partial charge in [-0.3, -0.25) is 10.1 Å². The zero-order valence-electron chi connectivity index (χ0n) is 15.8. The second kappa shape index (κ2) is 7.44. The van der Waals surface area contributed by atoms with Crippen LogP contribution >= 0.6 is 0 Å². The summed E-state index contributed by atoms with van der Waals surface area (Å²) >= 11 is 0. The number of rotatable bonds is 6. The van der Waals surface area contributed by atoms with Gasteiger partial charge >= 0.3 is 0 Å². The molecule has 0 fully saturated rings. The van der Waals surface area contributed by atoms with Gasteiger partial charge in [0, 0.05) is 29.3 Å². The zero-order chi connectivity index (χ0) is 19.7. The van der Waals surface area contributed by atoms with Crippen molar-refractivity contribution in [2.45, 2.75) is 38.8 Å². The summed E-state index contributed by atoms with van der Waals surface area (Å²) in [6.45, 7) is 4.62. The van der Waals surface area contributed by atoms with E-state index in [-0.39, 0.29) is 22.6 Å². The SMILES string of the molecule is Cc1nn(-c2ccccc2[N+](=O)[O-])c(C)c1[C@@H]1C=C[C@@H](NCc2ccco2)C1. The fourth-order valence-electron chi connectivity index (χ4n) is 3.93. The Morgan fingerprint density at radius 3 is 2.82 bits per heavy atom. The topological polar surface area (TPSA) is 86.1 Å². The van der Waals surface area contributed by atoms with Gasteiger partial charge in [-0.2, -0.15) is 5.10 Å². The average molecular weight is 378 g/mol. The number of benzene rings is 1. The molecule has 28 heavy (non-hydrogen) atoms. The molecule has 144 valence electrons. The maximum atomic E-state index is 11.4. The second-order valence-corrected chi connectivity index (χ2v) is 7.04. The number of nitro groups is 1. The summed E-state index contributed by atoms with van der Waals surface area (Å²) in [7, 11) is 0. The van der Waals surface area contributed by atoms with Crippen LogP contribution in [-0.2, 0) is 6.54 Å². The third-order valence-corrected chi connectivity index (χ3v) is 5.23. The van der Waals surface area contributed by atoms with E-state index in [0.29, 0.717) is 12.2 Å². The molecule has 0 bridgehead atoms. The Kier molecular flexibility index (Phi) is 4.83. The van der Waals surface area contributed by atoms with Crippen molar-refractivity contribution >= 4 is 5.69 Å². The predicted octanol–water partition coefficient (Wildman–Crippen LogP) is 4.19. The molecule has 0 spiro atoms. The van der Waals surface area contributed by atoms with E-state index < -0.39 is 0 Å². The van der Waals surface area contributed by atoms with Gasteiger partial charge in [0.15, 0.2) is 0 Å². The molecule has 1 aromatic carbocycles. The molecule has 0 radical (unpaired) electrons. The molecule has 1 aliphatic carbocycles. The van der Waals surface area contributed by atoms with Crippen LogP contribution in [0.5, 0.6) is 0 Å². The van der Waals surface area contributed by atoms with Gasteiger partial charge in [-0.05, 0) is 38.5 Å². The van der Waals surface area contributed by atoms with Gasteiger partial charge in [0.25, 0.3) is 5.69 Å². The van der Waals surface area contributed by atoms with E-state index in [9.17, 15) is 10.1 Å². The third kappa shape index (κ3) is 3.36. The van der Waals surface area contributed by atoms with Crippen molar-refractivity contribution in [2.24, 2.45) is 0 Å². The fourth-order valence-corrected chi connectivity index (χ4v) is 3.93. The smallest absolute Gasteiger partial charge is 0.294 e. The number of para-hydroxylation sites is 2. The first-order chi connectivity index (χ1) is 13.5. The van der Waals surface area contributed by atoms with Crippen LogP contribution < -0.4 is 5.32 Å². The Morgan fingerprint density at radius 1 is 1.25 bits per heavy atom. The maximum absolute atomic E-state index is 11.4. The van der Waals surface area contributed by atoms with E-state index in [1.807, 2.05) is 26.0 Å². The standard InChI is InChI=1S/C21H22N4O3/c1-14-21(16-9-10-17(12-16)22-13-18-6-5-11-28-18)15(2)24(23-14)19-7-3-4-8-20(19)25(26)27/h3-11,16-17,22H,12-13H2,1-2H3/t16-,17-/m1/s1. The van der Waals surface area contributed by atoms with Crippen LogP contribution in [0.15, 0.2) is 59.2 Å². The van der Waals surface area contributed by atoms with Crippen molar-refractivity contribution in [3.8, 4) is 5.69 Å². The van der Waals surface area contributed by atoms with Crippen LogP contribution in [0, 0.1) is 24.0 Å². The van der Waals surface area contributed by atoms with Crippen molar-refractivity contribution in [1.82, 2.24) is 15.1 Å². The lowest BCUT2D eigenvalue weighted by Crippen LogP contribution is -2.25. The summed E-state index contributed by atoms with van der Waals surface area (Å²) in [4.78, 5) is 11.0. The number of nitrogens with one attached hydrogen (secondary N) is 1. The molecule has 0 aliphatic heterocycles. The molecule has 3 aromatic rings. The lowest BCUT2D eigenvalue weighted by molar-refractivity contribution is -0.384. The van der Waals surface area contributed by atoms with E-state index in [4.69, 9.17) is 4.42 Å². The monoisotopic (exact) mass is 378 g/mol. The van der Waals surface area contributed by atoms with E-state index in [1.165, 1.54) is 6.07 Å². The number of hydrogen-bond acceptors (Lipinski definition) is 5. The Balaban J connectivity index is 1.56. The quantitative estimate of drug-likeness (QED) is 0.395. The van der Waals surface area contributed by atoms with Crippen LogP contribution in [0.1, 0.15) is 35.1 Å². The minimum absolute atomic E-state index is 0.0552. The molecule has 2 atom stereocenters. The van der Waals surface area contributed by atoms with E-state index in [0.717, 1.165) is 29.1 Å².